The predicted octanol–water partition coefficient (Wildman–Crippen LogP) is 1.10. The Morgan fingerprint density at radius 3 is 3.16 bits per heavy atom. The van der Waals surface area contributed by atoms with Crippen LogP contribution in [0.2, 0.25) is 0 Å². The average molecular weight is 269 g/mol. The first-order valence-corrected chi connectivity index (χ1v) is 6.34. The van der Waals surface area contributed by atoms with Crippen LogP contribution in [0.1, 0.15) is 19.3 Å². The number of aromatic nitrogens is 2. The summed E-state index contributed by atoms with van der Waals surface area (Å²) >= 11 is 0. The van der Waals surface area contributed by atoms with Crippen LogP contribution in [0.15, 0.2) is 6.20 Å². The lowest BCUT2D eigenvalue weighted by molar-refractivity contribution is -0.389. The molecule has 0 amide bonds. The molecule has 104 valence electrons. The second-order valence-electron chi connectivity index (χ2n) is 4.66. The van der Waals surface area contributed by atoms with Crippen molar-refractivity contribution in [1.82, 2.24) is 9.55 Å². The summed E-state index contributed by atoms with van der Waals surface area (Å²) in [5.41, 5.74) is 0. The second kappa shape index (κ2) is 5.14. The van der Waals surface area contributed by atoms with Gasteiger partial charge in [-0.1, -0.05) is 0 Å². The number of hydrogen-bond acceptors (Lipinski definition) is 6. The molecule has 1 aromatic rings. The van der Waals surface area contributed by atoms with Crippen molar-refractivity contribution < 1.29 is 19.1 Å². The van der Waals surface area contributed by atoms with E-state index in [4.69, 9.17) is 14.2 Å². The maximum absolute atomic E-state index is 10.6. The molecule has 0 spiro atoms. The average Bonchev–Trinajstić information content (AvgIpc) is 2.83. The van der Waals surface area contributed by atoms with Gasteiger partial charge in [0, 0.05) is 11.6 Å². The summed E-state index contributed by atoms with van der Waals surface area (Å²) in [4.78, 5) is 13.9. The van der Waals surface area contributed by atoms with E-state index in [1.807, 2.05) is 0 Å². The van der Waals surface area contributed by atoms with Crippen molar-refractivity contribution in [2.75, 3.05) is 13.2 Å². The van der Waals surface area contributed by atoms with Gasteiger partial charge >= 0.3 is 11.8 Å². The van der Waals surface area contributed by atoms with E-state index in [2.05, 4.69) is 4.98 Å². The lowest BCUT2D eigenvalue weighted by atomic mass is 10.2. The summed E-state index contributed by atoms with van der Waals surface area (Å²) in [6.45, 7) is 1.56. The summed E-state index contributed by atoms with van der Waals surface area (Å²) in [5, 5.41) is 10.6. The van der Waals surface area contributed by atoms with E-state index in [9.17, 15) is 10.1 Å². The van der Waals surface area contributed by atoms with Crippen LogP contribution in [0.25, 0.3) is 0 Å². The molecule has 1 aromatic heterocycles. The van der Waals surface area contributed by atoms with Crippen molar-refractivity contribution >= 4 is 5.82 Å². The van der Waals surface area contributed by atoms with Crippen LogP contribution in [0, 0.1) is 10.1 Å². The Hall–Kier alpha value is -1.67. The molecule has 3 heterocycles. The summed E-state index contributed by atoms with van der Waals surface area (Å²) in [5.74, 6) is -0.204. The van der Waals surface area contributed by atoms with Crippen LogP contribution in [-0.2, 0) is 16.0 Å². The maximum atomic E-state index is 10.6. The molecule has 0 radical (unpaired) electrons. The van der Waals surface area contributed by atoms with Gasteiger partial charge in [0.15, 0.2) is 6.29 Å². The van der Waals surface area contributed by atoms with Gasteiger partial charge in [0.2, 0.25) is 0 Å². The van der Waals surface area contributed by atoms with Crippen LogP contribution >= 0.6 is 0 Å². The normalized spacial score (nSPS) is 26.5. The summed E-state index contributed by atoms with van der Waals surface area (Å²) in [6, 6.07) is 0.274. The molecule has 19 heavy (non-hydrogen) atoms. The van der Waals surface area contributed by atoms with Crippen molar-refractivity contribution in [1.29, 1.82) is 0 Å². The Kier molecular flexibility index (Phi) is 3.34. The standard InChI is InChI=1S/C11H15N3O5/c15-14(16)9-6-13-5-8(7-18-11(13)12-9)19-10-3-1-2-4-17-10/h6,8,10H,1-5,7H2/t8-,10?/m1/s1. The van der Waals surface area contributed by atoms with Crippen molar-refractivity contribution in [3.05, 3.63) is 16.3 Å². The third-order valence-corrected chi connectivity index (χ3v) is 3.20. The molecule has 0 aromatic carbocycles. The van der Waals surface area contributed by atoms with E-state index in [0.29, 0.717) is 13.2 Å². The number of fused-ring (bicyclic) bond motifs is 1. The highest BCUT2D eigenvalue weighted by Crippen LogP contribution is 2.24. The number of hydrogen-bond donors (Lipinski definition) is 0. The number of nitro groups is 1. The van der Waals surface area contributed by atoms with Gasteiger partial charge in [-0.25, -0.2) is 0 Å². The Balaban J connectivity index is 1.63. The minimum atomic E-state index is -0.533. The van der Waals surface area contributed by atoms with E-state index in [1.165, 1.54) is 6.20 Å². The van der Waals surface area contributed by atoms with Gasteiger partial charge in [0.05, 0.1) is 6.54 Å². The summed E-state index contributed by atoms with van der Waals surface area (Å²) in [6.07, 6.45) is 4.06. The maximum Gasteiger partial charge on any atom is 0.414 e. The lowest BCUT2D eigenvalue weighted by Gasteiger charge is -2.29. The zero-order valence-corrected chi connectivity index (χ0v) is 10.4. The second-order valence-corrected chi connectivity index (χ2v) is 4.66. The highest BCUT2D eigenvalue weighted by Gasteiger charge is 2.30. The first-order valence-electron chi connectivity index (χ1n) is 6.34. The van der Waals surface area contributed by atoms with Gasteiger partial charge < -0.3 is 24.3 Å². The van der Waals surface area contributed by atoms with Crippen molar-refractivity contribution in [2.45, 2.75) is 38.2 Å². The fraction of sp³-hybridized carbons (Fsp3) is 0.727. The number of ether oxygens (including phenoxy) is 3. The van der Waals surface area contributed by atoms with E-state index in [0.717, 1.165) is 25.9 Å². The first-order chi connectivity index (χ1) is 9.22. The molecule has 0 aliphatic carbocycles. The van der Waals surface area contributed by atoms with Crippen LogP contribution in [0.3, 0.4) is 0 Å². The van der Waals surface area contributed by atoms with E-state index in [-0.39, 0.29) is 24.2 Å². The Labute approximate surface area is 109 Å². The molecule has 1 fully saturated rings. The minimum absolute atomic E-state index is 0.163. The third-order valence-electron chi connectivity index (χ3n) is 3.20. The van der Waals surface area contributed by atoms with E-state index < -0.39 is 4.92 Å². The molecular weight excluding hydrogens is 254 g/mol. The van der Waals surface area contributed by atoms with E-state index in [1.54, 1.807) is 4.57 Å². The van der Waals surface area contributed by atoms with Crippen molar-refractivity contribution in [3.63, 3.8) is 0 Å². The number of rotatable bonds is 3. The van der Waals surface area contributed by atoms with E-state index >= 15 is 0 Å². The van der Waals surface area contributed by atoms with Crippen LogP contribution < -0.4 is 4.74 Å². The minimum Gasteiger partial charge on any atom is -0.443 e. The Bertz CT molecular complexity index is 469. The van der Waals surface area contributed by atoms with Crippen molar-refractivity contribution in [3.8, 4) is 6.01 Å². The van der Waals surface area contributed by atoms with Gasteiger partial charge in [-0.3, -0.25) is 4.57 Å². The fourth-order valence-electron chi connectivity index (χ4n) is 2.27. The van der Waals surface area contributed by atoms with Gasteiger partial charge in [-0.15, -0.1) is 0 Å². The largest absolute Gasteiger partial charge is 0.443 e. The molecule has 2 aliphatic heterocycles. The molecule has 1 saturated heterocycles. The first kappa shape index (κ1) is 12.4. The molecule has 0 bridgehead atoms. The van der Waals surface area contributed by atoms with Crippen LogP contribution in [0.4, 0.5) is 5.82 Å². The quantitative estimate of drug-likeness (QED) is 0.603. The molecule has 8 nitrogen and oxygen atoms in total. The van der Waals surface area contributed by atoms with Crippen LogP contribution in [-0.4, -0.2) is 40.1 Å². The fourth-order valence-corrected chi connectivity index (χ4v) is 2.27. The number of nitrogens with zero attached hydrogens (tertiary/aromatic N) is 3. The van der Waals surface area contributed by atoms with Crippen LogP contribution in [0.5, 0.6) is 6.01 Å². The molecule has 8 heteroatoms. The highest BCUT2D eigenvalue weighted by atomic mass is 16.7. The number of imidazole rings is 1. The topological polar surface area (TPSA) is 88.7 Å². The Morgan fingerprint density at radius 2 is 2.42 bits per heavy atom. The molecule has 0 N–H and O–H groups in total. The molecule has 2 atom stereocenters. The lowest BCUT2D eigenvalue weighted by Crippen LogP contribution is -2.37. The zero-order valence-electron chi connectivity index (χ0n) is 10.4. The molecule has 1 unspecified atom stereocenters. The molecular formula is C11H15N3O5. The molecule has 0 saturated carbocycles. The summed E-state index contributed by atoms with van der Waals surface area (Å²) < 4.78 is 18.3. The Morgan fingerprint density at radius 1 is 1.53 bits per heavy atom. The highest BCUT2D eigenvalue weighted by molar-refractivity contribution is 5.21. The van der Waals surface area contributed by atoms with Crippen molar-refractivity contribution in [2.24, 2.45) is 0 Å². The zero-order chi connectivity index (χ0) is 13.2. The summed E-state index contributed by atoms with van der Waals surface area (Å²) in [7, 11) is 0. The third kappa shape index (κ3) is 2.69. The van der Waals surface area contributed by atoms with Gasteiger partial charge in [-0.05, 0) is 24.2 Å². The SMILES string of the molecule is O=[N+]([O-])c1cn2c(n1)OC[C@H](OC1CCCCO1)C2. The predicted molar refractivity (Wildman–Crippen MR) is 62.8 cm³/mol. The smallest absolute Gasteiger partial charge is 0.414 e. The molecule has 2 aliphatic rings. The molecule has 3 rings (SSSR count). The monoisotopic (exact) mass is 269 g/mol. The van der Waals surface area contributed by atoms with Gasteiger partial charge in [-0.2, -0.15) is 0 Å². The van der Waals surface area contributed by atoms with Gasteiger partial charge in [0.1, 0.15) is 18.9 Å². The van der Waals surface area contributed by atoms with Gasteiger partial charge in [0.25, 0.3) is 0 Å².